The highest BCUT2D eigenvalue weighted by atomic mass is 16.5. The highest BCUT2D eigenvalue weighted by molar-refractivity contribution is 5.82. The molecule has 154 valence electrons. The van der Waals surface area contributed by atoms with Gasteiger partial charge in [-0.1, -0.05) is 18.0 Å². The predicted octanol–water partition coefficient (Wildman–Crippen LogP) is 1.37. The van der Waals surface area contributed by atoms with Crippen molar-refractivity contribution in [2.24, 2.45) is 0 Å². The van der Waals surface area contributed by atoms with E-state index in [1.165, 1.54) is 36.8 Å². The summed E-state index contributed by atoms with van der Waals surface area (Å²) in [4.78, 5) is 24.2. The van der Waals surface area contributed by atoms with Crippen molar-refractivity contribution in [1.29, 1.82) is 0 Å². The van der Waals surface area contributed by atoms with E-state index < -0.39 is 0 Å². The van der Waals surface area contributed by atoms with Crippen molar-refractivity contribution in [2.45, 2.75) is 64.1 Å². The SMILES string of the molecule is Cc1ncc2c(c1-c1noc(C[C@H]3C(=O)NCCN3C3CCCC3)n1)CCNC2. The molecule has 5 rings (SSSR count). The van der Waals surface area contributed by atoms with Crippen LogP contribution in [0.2, 0.25) is 0 Å². The van der Waals surface area contributed by atoms with Gasteiger partial charge in [0.1, 0.15) is 0 Å². The molecule has 3 aliphatic rings. The Morgan fingerprint density at radius 1 is 1.28 bits per heavy atom. The van der Waals surface area contributed by atoms with Crippen molar-refractivity contribution in [1.82, 2.24) is 30.7 Å². The molecule has 2 fully saturated rings. The number of carbonyl (C=O) groups excluding carboxylic acids is 1. The number of piperazine rings is 1. The van der Waals surface area contributed by atoms with Crippen molar-refractivity contribution in [3.8, 4) is 11.4 Å². The number of rotatable bonds is 4. The quantitative estimate of drug-likeness (QED) is 0.806. The molecule has 1 amide bonds. The number of aryl methyl sites for hydroxylation is 1. The summed E-state index contributed by atoms with van der Waals surface area (Å²) in [6.45, 7) is 5.36. The Labute approximate surface area is 170 Å². The Hall–Kier alpha value is -2.32. The molecule has 1 aliphatic carbocycles. The Morgan fingerprint density at radius 3 is 3.00 bits per heavy atom. The maximum absolute atomic E-state index is 12.6. The first-order valence-electron chi connectivity index (χ1n) is 10.7. The molecule has 8 heteroatoms. The number of aromatic nitrogens is 3. The number of amides is 1. The first-order chi connectivity index (χ1) is 14.2. The van der Waals surface area contributed by atoms with E-state index in [-0.39, 0.29) is 11.9 Å². The van der Waals surface area contributed by atoms with Gasteiger partial charge in [-0.15, -0.1) is 0 Å². The number of pyridine rings is 1. The first kappa shape index (κ1) is 18.7. The number of fused-ring (bicyclic) bond motifs is 1. The standard InChI is InChI=1S/C21H28N6O2/c1-13-19(16-6-7-22-11-14(16)12-24-13)20-25-18(29-26-20)10-17-21(28)23-8-9-27(17)15-4-2-3-5-15/h12,15,17,22H,2-11H2,1H3,(H,23,28)/t17-/m0/s1. The number of nitrogens with one attached hydrogen (secondary N) is 2. The zero-order chi connectivity index (χ0) is 19.8. The third-order valence-electron chi connectivity index (χ3n) is 6.56. The fourth-order valence-electron chi connectivity index (χ4n) is 5.09. The molecule has 2 aromatic rings. The number of hydrogen-bond donors (Lipinski definition) is 2. The second-order valence-electron chi connectivity index (χ2n) is 8.35. The van der Waals surface area contributed by atoms with Gasteiger partial charge >= 0.3 is 0 Å². The summed E-state index contributed by atoms with van der Waals surface area (Å²) in [6, 6.07) is 0.266. The van der Waals surface area contributed by atoms with Crippen LogP contribution in [0.5, 0.6) is 0 Å². The van der Waals surface area contributed by atoms with Crippen LogP contribution in [-0.2, 0) is 24.2 Å². The normalized spacial score (nSPS) is 23.2. The molecule has 8 nitrogen and oxygen atoms in total. The highest BCUT2D eigenvalue weighted by Crippen LogP contribution is 2.30. The summed E-state index contributed by atoms with van der Waals surface area (Å²) < 4.78 is 5.62. The molecule has 1 saturated heterocycles. The minimum absolute atomic E-state index is 0.0731. The van der Waals surface area contributed by atoms with E-state index in [0.717, 1.165) is 43.9 Å². The zero-order valence-corrected chi connectivity index (χ0v) is 16.9. The molecule has 4 heterocycles. The summed E-state index contributed by atoms with van der Waals surface area (Å²) >= 11 is 0. The van der Waals surface area contributed by atoms with E-state index in [1.807, 2.05) is 13.1 Å². The van der Waals surface area contributed by atoms with E-state index in [2.05, 4.69) is 25.7 Å². The van der Waals surface area contributed by atoms with Crippen molar-refractivity contribution >= 4 is 5.91 Å². The first-order valence-corrected chi connectivity index (χ1v) is 10.7. The van der Waals surface area contributed by atoms with Crippen LogP contribution < -0.4 is 10.6 Å². The van der Waals surface area contributed by atoms with Gasteiger partial charge in [0.05, 0.1) is 12.5 Å². The molecule has 1 saturated carbocycles. The fourth-order valence-corrected chi connectivity index (χ4v) is 5.09. The summed E-state index contributed by atoms with van der Waals surface area (Å²) in [5.74, 6) is 1.19. The lowest BCUT2D eigenvalue weighted by Crippen LogP contribution is -2.58. The number of nitrogens with zero attached hydrogens (tertiary/aromatic N) is 4. The monoisotopic (exact) mass is 396 g/mol. The van der Waals surface area contributed by atoms with E-state index >= 15 is 0 Å². The summed E-state index contributed by atoms with van der Waals surface area (Å²) in [5, 5.41) is 10.7. The molecule has 29 heavy (non-hydrogen) atoms. The molecule has 1 atom stereocenters. The lowest BCUT2D eigenvalue weighted by molar-refractivity contribution is -0.130. The third kappa shape index (κ3) is 3.55. The Kier molecular flexibility index (Phi) is 5.05. The lowest BCUT2D eigenvalue weighted by atomic mass is 9.95. The zero-order valence-electron chi connectivity index (χ0n) is 16.9. The largest absolute Gasteiger partial charge is 0.353 e. The third-order valence-corrected chi connectivity index (χ3v) is 6.56. The summed E-state index contributed by atoms with van der Waals surface area (Å²) in [5.41, 5.74) is 4.36. The van der Waals surface area contributed by atoms with Crippen LogP contribution in [0.4, 0.5) is 0 Å². The molecule has 2 aliphatic heterocycles. The van der Waals surface area contributed by atoms with Gasteiger partial charge in [-0.3, -0.25) is 14.7 Å². The Morgan fingerprint density at radius 2 is 2.14 bits per heavy atom. The maximum atomic E-state index is 12.6. The second-order valence-corrected chi connectivity index (χ2v) is 8.35. The average Bonchev–Trinajstić information content (AvgIpc) is 3.42. The molecule has 2 N–H and O–H groups in total. The van der Waals surface area contributed by atoms with Crippen LogP contribution in [0, 0.1) is 6.92 Å². The molecular weight excluding hydrogens is 368 g/mol. The summed E-state index contributed by atoms with van der Waals surface area (Å²) in [7, 11) is 0. The molecule has 0 bridgehead atoms. The lowest BCUT2D eigenvalue weighted by Gasteiger charge is -2.38. The van der Waals surface area contributed by atoms with Crippen LogP contribution in [0.1, 0.15) is 48.4 Å². The number of carbonyl (C=O) groups is 1. The van der Waals surface area contributed by atoms with Gasteiger partial charge in [0.25, 0.3) is 0 Å². The maximum Gasteiger partial charge on any atom is 0.237 e. The van der Waals surface area contributed by atoms with Crippen molar-refractivity contribution in [2.75, 3.05) is 19.6 Å². The van der Waals surface area contributed by atoms with Gasteiger partial charge in [0.2, 0.25) is 17.6 Å². The minimum atomic E-state index is -0.228. The van der Waals surface area contributed by atoms with E-state index in [4.69, 9.17) is 9.51 Å². The van der Waals surface area contributed by atoms with Crippen LogP contribution in [0.15, 0.2) is 10.7 Å². The van der Waals surface area contributed by atoms with Gasteiger partial charge in [0.15, 0.2) is 0 Å². The molecule has 0 radical (unpaired) electrons. The van der Waals surface area contributed by atoms with Gasteiger partial charge < -0.3 is 15.2 Å². The molecular formula is C21H28N6O2. The van der Waals surface area contributed by atoms with E-state index in [0.29, 0.717) is 24.2 Å². The van der Waals surface area contributed by atoms with Gasteiger partial charge in [-0.25, -0.2) is 0 Å². The molecule has 0 spiro atoms. The molecule has 0 aromatic carbocycles. The predicted molar refractivity (Wildman–Crippen MR) is 107 cm³/mol. The molecule has 2 aromatic heterocycles. The number of hydrogen-bond acceptors (Lipinski definition) is 7. The summed E-state index contributed by atoms with van der Waals surface area (Å²) in [6.07, 6.45) is 8.17. The molecule has 0 unspecified atom stereocenters. The van der Waals surface area contributed by atoms with Gasteiger partial charge in [-0.05, 0) is 43.9 Å². The van der Waals surface area contributed by atoms with Crippen LogP contribution >= 0.6 is 0 Å². The van der Waals surface area contributed by atoms with Crippen LogP contribution in [0.3, 0.4) is 0 Å². The van der Waals surface area contributed by atoms with Crippen molar-refractivity contribution in [3.05, 3.63) is 28.9 Å². The second kappa shape index (κ2) is 7.84. The van der Waals surface area contributed by atoms with Crippen LogP contribution in [-0.4, -0.2) is 57.6 Å². The van der Waals surface area contributed by atoms with Crippen LogP contribution in [0.25, 0.3) is 11.4 Å². The minimum Gasteiger partial charge on any atom is -0.353 e. The van der Waals surface area contributed by atoms with Gasteiger partial charge in [0, 0.05) is 43.1 Å². The topological polar surface area (TPSA) is 96.2 Å². The van der Waals surface area contributed by atoms with Crippen molar-refractivity contribution < 1.29 is 9.32 Å². The Balaban J connectivity index is 1.41. The fraction of sp³-hybridized carbons (Fsp3) is 0.619. The van der Waals surface area contributed by atoms with E-state index in [1.54, 1.807) is 0 Å². The van der Waals surface area contributed by atoms with Gasteiger partial charge in [-0.2, -0.15) is 4.98 Å². The van der Waals surface area contributed by atoms with Crippen molar-refractivity contribution in [3.63, 3.8) is 0 Å². The average molecular weight is 396 g/mol. The highest BCUT2D eigenvalue weighted by Gasteiger charge is 2.37. The van der Waals surface area contributed by atoms with E-state index in [9.17, 15) is 4.79 Å². The Bertz CT molecular complexity index is 905. The smallest absolute Gasteiger partial charge is 0.237 e.